The van der Waals surface area contributed by atoms with Gasteiger partial charge in [-0.25, -0.2) is 4.39 Å². The van der Waals surface area contributed by atoms with Crippen molar-refractivity contribution in [1.29, 1.82) is 0 Å². The molecule has 1 amide bonds. The summed E-state index contributed by atoms with van der Waals surface area (Å²) in [5.41, 5.74) is 0.615. The standard InChI is InChI=1S/C13H16FNO/c1-13(2)9-3-4-12(16)15(13)11-7-5-10(14)6-8-11/h5-8H,3-4,9H2,1-2H3. The molecule has 86 valence electrons. The Morgan fingerprint density at radius 3 is 2.44 bits per heavy atom. The molecular formula is C13H16FNO. The molecule has 0 saturated carbocycles. The molecule has 0 spiro atoms. The van der Waals surface area contributed by atoms with E-state index in [0.717, 1.165) is 18.5 Å². The summed E-state index contributed by atoms with van der Waals surface area (Å²) in [7, 11) is 0. The SMILES string of the molecule is CC1(C)CCCC(=O)N1c1ccc(F)cc1. The molecule has 1 aliphatic heterocycles. The molecule has 1 saturated heterocycles. The molecule has 1 aromatic carbocycles. The molecule has 0 aromatic heterocycles. The van der Waals surface area contributed by atoms with Gasteiger partial charge in [0.2, 0.25) is 5.91 Å². The van der Waals surface area contributed by atoms with Crippen molar-refractivity contribution < 1.29 is 9.18 Å². The number of carbonyl (C=O) groups excluding carboxylic acids is 1. The van der Waals surface area contributed by atoms with Gasteiger partial charge in [-0.15, -0.1) is 0 Å². The number of anilines is 1. The van der Waals surface area contributed by atoms with E-state index in [4.69, 9.17) is 0 Å². The van der Waals surface area contributed by atoms with Crippen molar-refractivity contribution in [1.82, 2.24) is 0 Å². The molecular weight excluding hydrogens is 205 g/mol. The van der Waals surface area contributed by atoms with Crippen LogP contribution in [0.25, 0.3) is 0 Å². The highest BCUT2D eigenvalue weighted by atomic mass is 19.1. The molecule has 1 fully saturated rings. The van der Waals surface area contributed by atoms with Crippen molar-refractivity contribution in [3.05, 3.63) is 30.1 Å². The summed E-state index contributed by atoms with van der Waals surface area (Å²) in [6, 6.07) is 6.13. The van der Waals surface area contributed by atoms with E-state index >= 15 is 0 Å². The second-order valence-electron chi connectivity index (χ2n) is 4.87. The van der Waals surface area contributed by atoms with E-state index in [1.54, 1.807) is 17.0 Å². The molecule has 1 aliphatic rings. The van der Waals surface area contributed by atoms with Crippen molar-refractivity contribution in [3.63, 3.8) is 0 Å². The number of halogens is 1. The zero-order chi connectivity index (χ0) is 11.8. The Labute approximate surface area is 95.1 Å². The first-order chi connectivity index (χ1) is 7.50. The molecule has 1 heterocycles. The lowest BCUT2D eigenvalue weighted by molar-refractivity contribution is -0.121. The fourth-order valence-electron chi connectivity index (χ4n) is 2.32. The molecule has 0 radical (unpaired) electrons. The average molecular weight is 221 g/mol. The monoisotopic (exact) mass is 221 g/mol. The van der Waals surface area contributed by atoms with E-state index in [-0.39, 0.29) is 17.3 Å². The third-order valence-electron chi connectivity index (χ3n) is 3.12. The highest BCUT2D eigenvalue weighted by Gasteiger charge is 2.35. The molecule has 2 nitrogen and oxygen atoms in total. The molecule has 0 bridgehead atoms. The minimum absolute atomic E-state index is 0.128. The minimum Gasteiger partial charge on any atom is -0.307 e. The zero-order valence-electron chi connectivity index (χ0n) is 9.66. The Balaban J connectivity index is 2.36. The second-order valence-corrected chi connectivity index (χ2v) is 4.87. The topological polar surface area (TPSA) is 20.3 Å². The Morgan fingerprint density at radius 1 is 1.25 bits per heavy atom. The van der Waals surface area contributed by atoms with Crippen LogP contribution in [0.2, 0.25) is 0 Å². The van der Waals surface area contributed by atoms with Crippen LogP contribution in [-0.4, -0.2) is 11.4 Å². The summed E-state index contributed by atoms with van der Waals surface area (Å²) in [5, 5.41) is 0. The van der Waals surface area contributed by atoms with Gasteiger partial charge in [0.1, 0.15) is 5.82 Å². The molecule has 0 atom stereocenters. The van der Waals surface area contributed by atoms with Crippen molar-refractivity contribution in [2.24, 2.45) is 0 Å². The first-order valence-electron chi connectivity index (χ1n) is 5.59. The number of carbonyl (C=O) groups is 1. The summed E-state index contributed by atoms with van der Waals surface area (Å²) in [6.45, 7) is 4.10. The van der Waals surface area contributed by atoms with Crippen molar-refractivity contribution >= 4 is 11.6 Å². The first kappa shape index (κ1) is 11.1. The molecule has 3 heteroatoms. The van der Waals surface area contributed by atoms with E-state index in [1.165, 1.54) is 12.1 Å². The summed E-state index contributed by atoms with van der Waals surface area (Å²) < 4.78 is 12.8. The Bertz CT molecular complexity index is 397. The minimum atomic E-state index is -0.272. The van der Waals surface area contributed by atoms with Gasteiger partial charge >= 0.3 is 0 Å². The van der Waals surface area contributed by atoms with E-state index < -0.39 is 0 Å². The normalized spacial score (nSPS) is 19.9. The number of benzene rings is 1. The number of hydrogen-bond donors (Lipinski definition) is 0. The predicted molar refractivity (Wildman–Crippen MR) is 61.8 cm³/mol. The number of amides is 1. The van der Waals surface area contributed by atoms with Crippen LogP contribution in [0.5, 0.6) is 0 Å². The predicted octanol–water partition coefficient (Wildman–Crippen LogP) is 3.12. The van der Waals surface area contributed by atoms with Crippen LogP contribution < -0.4 is 4.90 Å². The van der Waals surface area contributed by atoms with E-state index in [9.17, 15) is 9.18 Å². The third kappa shape index (κ3) is 1.94. The van der Waals surface area contributed by atoms with Crippen molar-refractivity contribution in [2.45, 2.75) is 38.6 Å². The van der Waals surface area contributed by atoms with Gasteiger partial charge in [-0.1, -0.05) is 0 Å². The molecule has 1 aromatic rings. The Kier molecular flexibility index (Phi) is 2.70. The molecule has 16 heavy (non-hydrogen) atoms. The van der Waals surface area contributed by atoms with Gasteiger partial charge in [-0.05, 0) is 51.0 Å². The quantitative estimate of drug-likeness (QED) is 0.713. The maximum absolute atomic E-state index is 12.8. The third-order valence-corrected chi connectivity index (χ3v) is 3.12. The van der Waals surface area contributed by atoms with Crippen LogP contribution in [0.4, 0.5) is 10.1 Å². The molecule has 0 aliphatic carbocycles. The van der Waals surface area contributed by atoms with Crippen LogP contribution in [0, 0.1) is 5.82 Å². The van der Waals surface area contributed by atoms with Gasteiger partial charge in [0.15, 0.2) is 0 Å². The lowest BCUT2D eigenvalue weighted by Gasteiger charge is -2.42. The smallest absolute Gasteiger partial charge is 0.227 e. The van der Waals surface area contributed by atoms with Gasteiger partial charge in [0.05, 0.1) is 0 Å². The average Bonchev–Trinajstić information content (AvgIpc) is 2.19. The maximum Gasteiger partial charge on any atom is 0.227 e. The summed E-state index contributed by atoms with van der Waals surface area (Å²) >= 11 is 0. The largest absolute Gasteiger partial charge is 0.307 e. The number of nitrogens with zero attached hydrogens (tertiary/aromatic N) is 1. The first-order valence-corrected chi connectivity index (χ1v) is 5.59. The van der Waals surface area contributed by atoms with Gasteiger partial charge in [0, 0.05) is 17.6 Å². The van der Waals surface area contributed by atoms with Gasteiger partial charge in [-0.2, -0.15) is 0 Å². The maximum atomic E-state index is 12.8. The molecule has 2 rings (SSSR count). The fourth-order valence-corrected chi connectivity index (χ4v) is 2.32. The van der Waals surface area contributed by atoms with Crippen LogP contribution in [0.3, 0.4) is 0 Å². The van der Waals surface area contributed by atoms with E-state index in [0.29, 0.717) is 6.42 Å². The molecule has 0 N–H and O–H groups in total. The Hall–Kier alpha value is -1.38. The van der Waals surface area contributed by atoms with E-state index in [1.807, 2.05) is 13.8 Å². The highest BCUT2D eigenvalue weighted by Crippen LogP contribution is 2.33. The van der Waals surface area contributed by atoms with Crippen LogP contribution in [0.1, 0.15) is 33.1 Å². The molecule has 0 unspecified atom stereocenters. The van der Waals surface area contributed by atoms with Crippen LogP contribution in [0.15, 0.2) is 24.3 Å². The van der Waals surface area contributed by atoms with Gasteiger partial charge in [-0.3, -0.25) is 4.79 Å². The number of hydrogen-bond acceptors (Lipinski definition) is 1. The van der Waals surface area contributed by atoms with Crippen LogP contribution >= 0.6 is 0 Å². The number of piperidine rings is 1. The lowest BCUT2D eigenvalue weighted by atomic mass is 9.89. The Morgan fingerprint density at radius 2 is 1.88 bits per heavy atom. The van der Waals surface area contributed by atoms with E-state index in [2.05, 4.69) is 0 Å². The fraction of sp³-hybridized carbons (Fsp3) is 0.462. The lowest BCUT2D eigenvalue weighted by Crippen LogP contribution is -2.51. The second kappa shape index (κ2) is 3.89. The van der Waals surface area contributed by atoms with Gasteiger partial charge < -0.3 is 4.90 Å². The van der Waals surface area contributed by atoms with Gasteiger partial charge in [0.25, 0.3) is 0 Å². The van der Waals surface area contributed by atoms with Crippen molar-refractivity contribution in [2.75, 3.05) is 4.90 Å². The summed E-state index contributed by atoms with van der Waals surface area (Å²) in [5.74, 6) is -0.145. The number of rotatable bonds is 1. The highest BCUT2D eigenvalue weighted by molar-refractivity contribution is 5.95. The zero-order valence-corrected chi connectivity index (χ0v) is 9.66. The summed E-state index contributed by atoms with van der Waals surface area (Å²) in [4.78, 5) is 13.7. The van der Waals surface area contributed by atoms with Crippen molar-refractivity contribution in [3.8, 4) is 0 Å². The summed E-state index contributed by atoms with van der Waals surface area (Å²) in [6.07, 6.45) is 2.50. The van der Waals surface area contributed by atoms with Crippen LogP contribution in [-0.2, 0) is 4.79 Å².